The van der Waals surface area contributed by atoms with Crippen molar-refractivity contribution >= 4 is 51.5 Å². The predicted octanol–water partition coefficient (Wildman–Crippen LogP) is 3.38. The standard InChI is InChI=1S/C25H27ClFN3O6S/c1-15(25(33)29-16-4-2-3-5-16)30(18-7-8-20(27)19(26)11-18)24(32)13-37(34)12-23(31)28-17-6-9-21-22(10-17)36-14-35-21/h6-11,15-16H,2-5,12-14H2,1H3,(H,28,31)(H,29,33). The maximum atomic E-state index is 13.8. The molecule has 0 aromatic heterocycles. The molecule has 1 fully saturated rings. The summed E-state index contributed by atoms with van der Waals surface area (Å²) in [6.07, 6.45) is 3.75. The number of ether oxygens (including phenoxy) is 2. The van der Waals surface area contributed by atoms with Gasteiger partial charge in [0.2, 0.25) is 24.5 Å². The first-order chi connectivity index (χ1) is 17.7. The van der Waals surface area contributed by atoms with E-state index in [9.17, 15) is 23.0 Å². The monoisotopic (exact) mass is 551 g/mol. The van der Waals surface area contributed by atoms with E-state index in [0.717, 1.165) is 36.6 Å². The highest BCUT2D eigenvalue weighted by Gasteiger charge is 2.31. The molecule has 12 heteroatoms. The van der Waals surface area contributed by atoms with Crippen molar-refractivity contribution in [1.82, 2.24) is 5.32 Å². The van der Waals surface area contributed by atoms with Crippen molar-refractivity contribution in [2.45, 2.75) is 44.7 Å². The summed E-state index contributed by atoms with van der Waals surface area (Å²) in [4.78, 5) is 39.8. The van der Waals surface area contributed by atoms with Crippen LogP contribution < -0.4 is 25.0 Å². The molecule has 0 saturated heterocycles. The van der Waals surface area contributed by atoms with Gasteiger partial charge in [-0.1, -0.05) is 24.4 Å². The molecular formula is C25H27ClFN3O6S. The molecule has 37 heavy (non-hydrogen) atoms. The zero-order valence-electron chi connectivity index (χ0n) is 20.1. The van der Waals surface area contributed by atoms with Gasteiger partial charge < -0.3 is 20.1 Å². The second-order valence-corrected chi connectivity index (χ2v) is 10.7. The summed E-state index contributed by atoms with van der Waals surface area (Å²) in [7, 11) is -1.89. The smallest absolute Gasteiger partial charge is 0.243 e. The van der Waals surface area contributed by atoms with Crippen LogP contribution in [0.5, 0.6) is 11.5 Å². The van der Waals surface area contributed by atoms with Crippen LogP contribution in [0.2, 0.25) is 5.02 Å². The number of nitrogens with zero attached hydrogens (tertiary/aromatic N) is 1. The molecule has 2 aromatic rings. The molecule has 0 bridgehead atoms. The van der Waals surface area contributed by atoms with E-state index in [1.807, 2.05) is 0 Å². The number of fused-ring (bicyclic) bond motifs is 1. The topological polar surface area (TPSA) is 114 Å². The van der Waals surface area contributed by atoms with E-state index in [1.54, 1.807) is 18.2 Å². The molecule has 1 aliphatic heterocycles. The number of hydrogen-bond donors (Lipinski definition) is 2. The third-order valence-electron chi connectivity index (χ3n) is 6.15. The number of nitrogens with one attached hydrogen (secondary N) is 2. The van der Waals surface area contributed by atoms with E-state index < -0.39 is 46.0 Å². The van der Waals surface area contributed by atoms with Gasteiger partial charge in [-0.3, -0.25) is 23.5 Å². The lowest BCUT2D eigenvalue weighted by atomic mass is 10.1. The number of halogens is 2. The van der Waals surface area contributed by atoms with Gasteiger partial charge in [-0.15, -0.1) is 0 Å². The molecule has 9 nitrogen and oxygen atoms in total. The summed E-state index contributed by atoms with van der Waals surface area (Å²) in [5.74, 6) is -2.21. The second-order valence-electron chi connectivity index (χ2n) is 8.87. The van der Waals surface area contributed by atoms with E-state index in [2.05, 4.69) is 10.6 Å². The minimum atomic E-state index is -1.89. The molecule has 1 aliphatic carbocycles. The Morgan fingerprint density at radius 1 is 1.11 bits per heavy atom. The van der Waals surface area contributed by atoms with Crippen molar-refractivity contribution in [3.8, 4) is 11.5 Å². The normalized spacial score (nSPS) is 16.2. The molecule has 2 N–H and O–H groups in total. The van der Waals surface area contributed by atoms with Crippen LogP contribution >= 0.6 is 11.6 Å². The van der Waals surface area contributed by atoms with Gasteiger partial charge in [-0.05, 0) is 50.1 Å². The molecule has 1 saturated carbocycles. The SMILES string of the molecule is CC(C(=O)NC1CCCC1)N(C(=O)CS(=O)CC(=O)Nc1ccc2c(c1)OCO2)c1ccc(F)c(Cl)c1. The molecule has 2 aliphatic rings. The third-order valence-corrected chi connectivity index (χ3v) is 7.59. The van der Waals surface area contributed by atoms with Gasteiger partial charge in [0.15, 0.2) is 11.5 Å². The number of carbonyl (C=O) groups is 3. The Labute approximate surface area is 221 Å². The van der Waals surface area contributed by atoms with Crippen molar-refractivity contribution in [3.63, 3.8) is 0 Å². The van der Waals surface area contributed by atoms with Crippen LogP contribution in [-0.4, -0.2) is 52.3 Å². The van der Waals surface area contributed by atoms with Gasteiger partial charge in [0, 0.05) is 34.3 Å². The summed E-state index contributed by atoms with van der Waals surface area (Å²) in [6.45, 7) is 1.63. The maximum Gasteiger partial charge on any atom is 0.243 e. The average molecular weight is 552 g/mol. The van der Waals surface area contributed by atoms with E-state index in [0.29, 0.717) is 17.2 Å². The summed E-state index contributed by atoms with van der Waals surface area (Å²) in [6, 6.07) is 7.55. The Bertz CT molecular complexity index is 1220. The predicted molar refractivity (Wildman–Crippen MR) is 138 cm³/mol. The first kappa shape index (κ1) is 26.9. The number of carbonyl (C=O) groups excluding carboxylic acids is 3. The minimum Gasteiger partial charge on any atom is -0.454 e. The minimum absolute atomic E-state index is 0.0257. The highest BCUT2D eigenvalue weighted by molar-refractivity contribution is 7.86. The first-order valence-corrected chi connectivity index (χ1v) is 13.7. The van der Waals surface area contributed by atoms with E-state index in [-0.39, 0.29) is 29.5 Å². The molecular weight excluding hydrogens is 525 g/mol. The summed E-state index contributed by atoms with van der Waals surface area (Å²) in [5.41, 5.74) is 0.615. The second kappa shape index (κ2) is 11.9. The van der Waals surface area contributed by atoms with E-state index >= 15 is 0 Å². The van der Waals surface area contributed by atoms with Crippen LogP contribution in [0.1, 0.15) is 32.6 Å². The number of hydrogen-bond acceptors (Lipinski definition) is 6. The first-order valence-electron chi connectivity index (χ1n) is 11.8. The molecule has 2 unspecified atom stereocenters. The largest absolute Gasteiger partial charge is 0.454 e. The van der Waals surface area contributed by atoms with E-state index in [1.165, 1.54) is 19.1 Å². The van der Waals surface area contributed by atoms with Gasteiger partial charge in [0.05, 0.1) is 5.02 Å². The van der Waals surface area contributed by atoms with Crippen LogP contribution in [-0.2, 0) is 25.2 Å². The van der Waals surface area contributed by atoms with Crippen molar-refractivity contribution in [1.29, 1.82) is 0 Å². The number of rotatable bonds is 9. The van der Waals surface area contributed by atoms with Gasteiger partial charge in [0.25, 0.3) is 0 Å². The lowest BCUT2D eigenvalue weighted by molar-refractivity contribution is -0.125. The summed E-state index contributed by atoms with van der Waals surface area (Å²) >= 11 is 5.93. The number of anilines is 2. The van der Waals surface area contributed by atoms with Crippen LogP contribution in [0.4, 0.5) is 15.8 Å². The molecule has 198 valence electrons. The van der Waals surface area contributed by atoms with Crippen molar-refractivity contribution in [2.24, 2.45) is 0 Å². The Balaban J connectivity index is 1.42. The average Bonchev–Trinajstić information content (AvgIpc) is 3.52. The fourth-order valence-corrected chi connectivity index (χ4v) is 5.36. The lowest BCUT2D eigenvalue weighted by Crippen LogP contribution is -2.51. The molecule has 1 heterocycles. The quantitative estimate of drug-likeness (QED) is 0.494. The highest BCUT2D eigenvalue weighted by atomic mass is 35.5. The number of amides is 3. The van der Waals surface area contributed by atoms with Crippen LogP contribution in [0.25, 0.3) is 0 Å². The Hall–Kier alpha value is -3.18. The van der Waals surface area contributed by atoms with Crippen molar-refractivity contribution in [3.05, 3.63) is 47.2 Å². The number of benzene rings is 2. The van der Waals surface area contributed by atoms with Crippen LogP contribution in [0.3, 0.4) is 0 Å². The Kier molecular flexibility index (Phi) is 8.65. The molecule has 3 amide bonds. The zero-order chi connectivity index (χ0) is 26.5. The molecule has 0 spiro atoms. The molecule has 2 aromatic carbocycles. The van der Waals surface area contributed by atoms with Crippen molar-refractivity contribution < 1.29 is 32.5 Å². The fraction of sp³-hybridized carbons (Fsp3) is 0.400. The molecule has 0 radical (unpaired) electrons. The van der Waals surface area contributed by atoms with Gasteiger partial charge in [0.1, 0.15) is 23.4 Å². The van der Waals surface area contributed by atoms with Gasteiger partial charge >= 0.3 is 0 Å². The van der Waals surface area contributed by atoms with Gasteiger partial charge in [-0.25, -0.2) is 4.39 Å². The summed E-state index contributed by atoms with van der Waals surface area (Å²) < 4.78 is 37.0. The van der Waals surface area contributed by atoms with Crippen LogP contribution in [0.15, 0.2) is 36.4 Å². The molecule has 2 atom stereocenters. The van der Waals surface area contributed by atoms with E-state index in [4.69, 9.17) is 21.1 Å². The third kappa shape index (κ3) is 6.78. The summed E-state index contributed by atoms with van der Waals surface area (Å²) in [5, 5.41) is 5.34. The Morgan fingerprint density at radius 2 is 1.84 bits per heavy atom. The van der Waals surface area contributed by atoms with Crippen LogP contribution in [0, 0.1) is 5.82 Å². The lowest BCUT2D eigenvalue weighted by Gasteiger charge is -2.29. The molecule has 4 rings (SSSR count). The fourth-order valence-electron chi connectivity index (χ4n) is 4.30. The zero-order valence-corrected chi connectivity index (χ0v) is 21.7. The Morgan fingerprint density at radius 3 is 2.57 bits per heavy atom. The highest BCUT2D eigenvalue weighted by Crippen LogP contribution is 2.34. The van der Waals surface area contributed by atoms with Gasteiger partial charge in [-0.2, -0.15) is 0 Å². The maximum absolute atomic E-state index is 13.8. The van der Waals surface area contributed by atoms with Crippen molar-refractivity contribution in [2.75, 3.05) is 28.5 Å².